The summed E-state index contributed by atoms with van der Waals surface area (Å²) in [5, 5.41) is 0. The maximum absolute atomic E-state index is 13.0. The minimum atomic E-state index is -0.592. The highest BCUT2D eigenvalue weighted by Crippen LogP contribution is 2.34. The Kier molecular flexibility index (Phi) is 5.90. The summed E-state index contributed by atoms with van der Waals surface area (Å²) in [6, 6.07) is 16.0. The van der Waals surface area contributed by atoms with Crippen LogP contribution in [0.3, 0.4) is 0 Å². The zero-order valence-corrected chi connectivity index (χ0v) is 16.7. The molecule has 0 unspecified atom stereocenters. The van der Waals surface area contributed by atoms with E-state index >= 15 is 0 Å². The van der Waals surface area contributed by atoms with Crippen LogP contribution in [0.25, 0.3) is 11.1 Å². The van der Waals surface area contributed by atoms with Crippen LogP contribution < -0.4 is 5.73 Å². The van der Waals surface area contributed by atoms with Crippen LogP contribution in [0.2, 0.25) is 0 Å². The largest absolute Gasteiger partial charge is 0.369 e. The molecule has 2 aromatic rings. The third-order valence-corrected chi connectivity index (χ3v) is 6.41. The predicted molar refractivity (Wildman–Crippen MR) is 111 cm³/mol. The number of rotatable bonds is 5. The summed E-state index contributed by atoms with van der Waals surface area (Å²) in [4.78, 5) is 27.9. The fraction of sp³-hybridized carbons (Fsp3) is 0.364. The van der Waals surface area contributed by atoms with E-state index in [2.05, 4.69) is 18.4 Å². The summed E-state index contributed by atoms with van der Waals surface area (Å²) >= 11 is 1.71. The van der Waals surface area contributed by atoms with Crippen LogP contribution in [-0.4, -0.2) is 36.1 Å². The SMILES string of the molecule is CC[C@]1(C(N)=O)CCCN(C(=O)c2ccc(-c3ccccc3SC)cc2)C1. The molecule has 0 radical (unpaired) electrons. The monoisotopic (exact) mass is 382 g/mol. The molecule has 1 saturated heterocycles. The molecule has 0 bridgehead atoms. The van der Waals surface area contributed by atoms with Crippen molar-refractivity contribution in [2.45, 2.75) is 31.1 Å². The van der Waals surface area contributed by atoms with E-state index in [0.29, 0.717) is 25.1 Å². The zero-order chi connectivity index (χ0) is 19.4. The van der Waals surface area contributed by atoms with E-state index in [9.17, 15) is 9.59 Å². The van der Waals surface area contributed by atoms with Crippen molar-refractivity contribution in [2.75, 3.05) is 19.3 Å². The van der Waals surface area contributed by atoms with Gasteiger partial charge in [-0.15, -0.1) is 11.8 Å². The van der Waals surface area contributed by atoms with Crippen LogP contribution in [0.4, 0.5) is 0 Å². The second kappa shape index (κ2) is 8.17. The molecule has 1 heterocycles. The molecular formula is C22H26N2O2S. The average Bonchev–Trinajstić information content (AvgIpc) is 2.73. The third kappa shape index (κ3) is 3.88. The number of amides is 2. The first kappa shape index (κ1) is 19.5. The van der Waals surface area contributed by atoms with Crippen molar-refractivity contribution >= 4 is 23.6 Å². The Hall–Kier alpha value is -2.27. The van der Waals surface area contributed by atoms with Gasteiger partial charge in [0.25, 0.3) is 5.91 Å². The normalized spacial score (nSPS) is 19.7. The number of carbonyl (C=O) groups is 2. The van der Waals surface area contributed by atoms with Crippen molar-refractivity contribution in [2.24, 2.45) is 11.1 Å². The number of carbonyl (C=O) groups excluding carboxylic acids is 2. The highest BCUT2D eigenvalue weighted by molar-refractivity contribution is 7.98. The van der Waals surface area contributed by atoms with Crippen molar-refractivity contribution < 1.29 is 9.59 Å². The first-order valence-electron chi connectivity index (χ1n) is 9.33. The van der Waals surface area contributed by atoms with Crippen LogP contribution >= 0.6 is 11.8 Å². The third-order valence-electron chi connectivity index (χ3n) is 5.61. The molecule has 2 amide bonds. The highest BCUT2D eigenvalue weighted by Gasteiger charge is 2.40. The van der Waals surface area contributed by atoms with Crippen LogP contribution in [0, 0.1) is 5.41 Å². The van der Waals surface area contributed by atoms with Gasteiger partial charge in [-0.3, -0.25) is 9.59 Å². The Morgan fingerprint density at radius 2 is 1.85 bits per heavy atom. The molecule has 0 aromatic heterocycles. The first-order chi connectivity index (χ1) is 13.0. The summed E-state index contributed by atoms with van der Waals surface area (Å²) in [5.41, 5.74) is 7.96. The molecule has 2 N–H and O–H groups in total. The number of piperidine rings is 1. The van der Waals surface area contributed by atoms with Crippen molar-refractivity contribution in [3.05, 3.63) is 54.1 Å². The first-order valence-corrected chi connectivity index (χ1v) is 10.6. The van der Waals surface area contributed by atoms with Gasteiger partial charge in [-0.1, -0.05) is 37.3 Å². The molecule has 1 atom stereocenters. The van der Waals surface area contributed by atoms with Gasteiger partial charge in [0.05, 0.1) is 5.41 Å². The van der Waals surface area contributed by atoms with Crippen molar-refractivity contribution in [1.29, 1.82) is 0 Å². The molecule has 0 saturated carbocycles. The summed E-state index contributed by atoms with van der Waals surface area (Å²) in [6.07, 6.45) is 4.29. The van der Waals surface area contributed by atoms with Gasteiger partial charge < -0.3 is 10.6 Å². The van der Waals surface area contributed by atoms with E-state index in [0.717, 1.165) is 18.4 Å². The summed E-state index contributed by atoms with van der Waals surface area (Å²) in [7, 11) is 0. The number of likely N-dealkylation sites (tertiary alicyclic amines) is 1. The fourth-order valence-electron chi connectivity index (χ4n) is 3.83. The summed E-state index contributed by atoms with van der Waals surface area (Å²) in [5.74, 6) is -0.329. The van der Waals surface area contributed by atoms with Gasteiger partial charge in [-0.25, -0.2) is 0 Å². The molecule has 142 valence electrons. The number of thioether (sulfide) groups is 1. The molecule has 2 aromatic carbocycles. The van der Waals surface area contributed by atoms with Crippen molar-refractivity contribution in [1.82, 2.24) is 4.90 Å². The van der Waals surface area contributed by atoms with E-state index in [4.69, 9.17) is 5.73 Å². The molecule has 4 nitrogen and oxygen atoms in total. The van der Waals surface area contributed by atoms with Gasteiger partial charge in [0.1, 0.15) is 0 Å². The summed E-state index contributed by atoms with van der Waals surface area (Å²) < 4.78 is 0. The lowest BCUT2D eigenvalue weighted by atomic mass is 9.77. The lowest BCUT2D eigenvalue weighted by molar-refractivity contribution is -0.130. The van der Waals surface area contributed by atoms with Gasteiger partial charge in [0.15, 0.2) is 0 Å². The standard InChI is InChI=1S/C22H26N2O2S/c1-3-22(21(23)26)13-6-14-24(15-22)20(25)17-11-9-16(10-12-17)18-7-4-5-8-19(18)27-2/h4-5,7-12H,3,6,13-15H2,1-2H3,(H2,23,26)/t22-/m0/s1. The van der Waals surface area contributed by atoms with Crippen molar-refractivity contribution in [3.8, 4) is 11.1 Å². The van der Waals surface area contributed by atoms with E-state index in [1.165, 1.54) is 10.5 Å². The number of hydrogen-bond donors (Lipinski definition) is 1. The Balaban J connectivity index is 1.81. The number of primary amides is 1. The molecule has 0 spiro atoms. The lowest BCUT2D eigenvalue weighted by Gasteiger charge is -2.40. The van der Waals surface area contributed by atoms with Gasteiger partial charge in [0, 0.05) is 23.5 Å². The van der Waals surface area contributed by atoms with E-state index in [1.54, 1.807) is 16.7 Å². The molecule has 27 heavy (non-hydrogen) atoms. The Labute approximate surface area is 165 Å². The van der Waals surface area contributed by atoms with Gasteiger partial charge in [-0.2, -0.15) is 0 Å². The molecule has 5 heteroatoms. The number of nitrogens with two attached hydrogens (primary N) is 1. The molecule has 1 aliphatic rings. The quantitative estimate of drug-likeness (QED) is 0.789. The number of benzene rings is 2. The van der Waals surface area contributed by atoms with Crippen LogP contribution in [0.5, 0.6) is 0 Å². The molecular weight excluding hydrogens is 356 g/mol. The Morgan fingerprint density at radius 3 is 2.48 bits per heavy atom. The summed E-state index contributed by atoms with van der Waals surface area (Å²) in [6.45, 7) is 3.05. The van der Waals surface area contributed by atoms with E-state index < -0.39 is 5.41 Å². The maximum atomic E-state index is 13.0. The van der Waals surface area contributed by atoms with Crippen molar-refractivity contribution in [3.63, 3.8) is 0 Å². The predicted octanol–water partition coefficient (Wildman–Crippen LogP) is 4.19. The maximum Gasteiger partial charge on any atom is 0.253 e. The topological polar surface area (TPSA) is 63.4 Å². The molecule has 0 aliphatic carbocycles. The average molecular weight is 383 g/mol. The number of hydrogen-bond acceptors (Lipinski definition) is 3. The second-order valence-corrected chi connectivity index (χ2v) is 7.95. The fourth-order valence-corrected chi connectivity index (χ4v) is 4.45. The van der Waals surface area contributed by atoms with E-state index in [-0.39, 0.29) is 11.8 Å². The molecule has 3 rings (SSSR count). The van der Waals surface area contributed by atoms with E-state index in [1.807, 2.05) is 43.3 Å². The minimum Gasteiger partial charge on any atom is -0.369 e. The smallest absolute Gasteiger partial charge is 0.253 e. The number of nitrogens with zero attached hydrogens (tertiary/aromatic N) is 1. The molecule has 1 fully saturated rings. The van der Waals surface area contributed by atoms with Gasteiger partial charge in [0.2, 0.25) is 5.91 Å². The molecule has 1 aliphatic heterocycles. The lowest BCUT2D eigenvalue weighted by Crippen LogP contribution is -2.51. The van der Waals surface area contributed by atoms with Gasteiger partial charge >= 0.3 is 0 Å². The van der Waals surface area contributed by atoms with Crippen LogP contribution in [0.15, 0.2) is 53.4 Å². The van der Waals surface area contributed by atoms with Crippen LogP contribution in [0.1, 0.15) is 36.5 Å². The Morgan fingerprint density at radius 1 is 1.15 bits per heavy atom. The minimum absolute atomic E-state index is 0.0292. The zero-order valence-electron chi connectivity index (χ0n) is 15.9. The Bertz CT molecular complexity index is 834. The second-order valence-electron chi connectivity index (χ2n) is 7.11. The highest BCUT2D eigenvalue weighted by atomic mass is 32.2. The van der Waals surface area contributed by atoms with Gasteiger partial charge in [-0.05, 0) is 54.8 Å². The van der Waals surface area contributed by atoms with Crippen LogP contribution in [-0.2, 0) is 4.79 Å².